The van der Waals surface area contributed by atoms with Crippen LogP contribution in [0.5, 0.6) is 0 Å². The molecule has 0 spiro atoms. The fraction of sp³-hybridized carbons (Fsp3) is 1.00. The summed E-state index contributed by atoms with van der Waals surface area (Å²) >= 11 is 0. The van der Waals surface area contributed by atoms with Crippen molar-refractivity contribution in [3.63, 3.8) is 0 Å². The average Bonchev–Trinajstić information content (AvgIpc) is 2.27. The van der Waals surface area contributed by atoms with E-state index in [1.54, 1.807) is 0 Å². The van der Waals surface area contributed by atoms with E-state index >= 15 is 0 Å². The Bertz CT molecular complexity index is 292. The lowest BCUT2D eigenvalue weighted by Gasteiger charge is -2.26. The van der Waals surface area contributed by atoms with Crippen LogP contribution in [0.25, 0.3) is 0 Å². The Hall–Kier alpha value is -0.0900. The van der Waals surface area contributed by atoms with Gasteiger partial charge in [-0.3, -0.25) is 0 Å². The molecule has 1 aliphatic rings. The summed E-state index contributed by atoms with van der Waals surface area (Å²) in [6, 6.07) is 0.0897. The molecule has 0 aliphatic heterocycles. The van der Waals surface area contributed by atoms with E-state index in [4.69, 9.17) is 0 Å². The highest BCUT2D eigenvalue weighted by Crippen LogP contribution is 2.25. The Balaban J connectivity index is 2.62. The molecule has 0 saturated heterocycles. The van der Waals surface area contributed by atoms with Crippen LogP contribution >= 0.6 is 0 Å². The van der Waals surface area contributed by atoms with Crippen LogP contribution in [-0.2, 0) is 9.84 Å². The van der Waals surface area contributed by atoms with Gasteiger partial charge in [0, 0.05) is 6.04 Å². The van der Waals surface area contributed by atoms with Crippen molar-refractivity contribution >= 4 is 9.84 Å². The monoisotopic (exact) mass is 247 g/mol. The van der Waals surface area contributed by atoms with E-state index in [0.717, 1.165) is 25.7 Å². The highest BCUT2D eigenvalue weighted by molar-refractivity contribution is 7.92. The van der Waals surface area contributed by atoms with Gasteiger partial charge in [-0.2, -0.15) is 0 Å². The second-order valence-electron chi connectivity index (χ2n) is 5.23. The topological polar surface area (TPSA) is 46.2 Å². The minimum Gasteiger partial charge on any atom is -0.316 e. The van der Waals surface area contributed by atoms with Crippen molar-refractivity contribution in [3.8, 4) is 0 Å². The minimum absolute atomic E-state index is 0.0733. The summed E-state index contributed by atoms with van der Waals surface area (Å²) in [4.78, 5) is 0. The quantitative estimate of drug-likeness (QED) is 0.808. The van der Waals surface area contributed by atoms with Gasteiger partial charge in [-0.15, -0.1) is 0 Å². The van der Waals surface area contributed by atoms with Crippen molar-refractivity contribution in [2.24, 2.45) is 5.92 Å². The number of rotatable bonds is 5. The summed E-state index contributed by atoms with van der Waals surface area (Å²) < 4.78 is 24.4. The number of nitrogens with one attached hydrogen (secondary N) is 1. The molecule has 1 rings (SSSR count). The van der Waals surface area contributed by atoms with E-state index in [2.05, 4.69) is 19.2 Å². The standard InChI is InChI=1S/C12H25NO2S/c1-10(2)12(13-3)9-16(14,15)11-7-5-4-6-8-11/h10-13H,4-9H2,1-3H3. The summed E-state index contributed by atoms with van der Waals surface area (Å²) in [6.45, 7) is 4.13. The number of sulfone groups is 1. The lowest BCUT2D eigenvalue weighted by Crippen LogP contribution is -2.41. The normalized spacial score (nSPS) is 21.2. The van der Waals surface area contributed by atoms with Crippen LogP contribution < -0.4 is 5.32 Å². The first-order chi connectivity index (χ1) is 7.47. The zero-order chi connectivity index (χ0) is 12.2. The third-order valence-electron chi connectivity index (χ3n) is 3.65. The van der Waals surface area contributed by atoms with Crippen LogP contribution in [0.4, 0.5) is 0 Å². The molecule has 1 fully saturated rings. The highest BCUT2D eigenvalue weighted by atomic mass is 32.2. The van der Waals surface area contributed by atoms with E-state index in [-0.39, 0.29) is 11.3 Å². The van der Waals surface area contributed by atoms with Crippen LogP contribution in [0.2, 0.25) is 0 Å². The molecule has 1 unspecified atom stereocenters. The van der Waals surface area contributed by atoms with E-state index in [1.165, 1.54) is 6.42 Å². The molecule has 3 nitrogen and oxygen atoms in total. The van der Waals surface area contributed by atoms with Crippen LogP contribution in [0.3, 0.4) is 0 Å². The van der Waals surface area contributed by atoms with Crippen molar-refractivity contribution in [2.45, 2.75) is 57.2 Å². The molecule has 0 radical (unpaired) electrons. The molecule has 1 atom stereocenters. The van der Waals surface area contributed by atoms with Crippen molar-refractivity contribution in [1.82, 2.24) is 5.32 Å². The van der Waals surface area contributed by atoms with Gasteiger partial charge in [0.05, 0.1) is 11.0 Å². The summed E-state index contributed by atoms with van der Waals surface area (Å²) in [6.07, 6.45) is 5.10. The van der Waals surface area contributed by atoms with Gasteiger partial charge < -0.3 is 5.32 Å². The third kappa shape index (κ3) is 3.74. The first-order valence-corrected chi connectivity index (χ1v) is 8.07. The van der Waals surface area contributed by atoms with Crippen LogP contribution in [0.1, 0.15) is 46.0 Å². The maximum atomic E-state index is 12.2. The van der Waals surface area contributed by atoms with Gasteiger partial charge in [0.15, 0.2) is 9.84 Å². The third-order valence-corrected chi connectivity index (χ3v) is 5.96. The maximum absolute atomic E-state index is 12.2. The molecule has 4 heteroatoms. The predicted molar refractivity (Wildman–Crippen MR) is 68.3 cm³/mol. The molecule has 0 bridgehead atoms. The predicted octanol–water partition coefficient (Wildman–Crippen LogP) is 1.98. The largest absolute Gasteiger partial charge is 0.316 e. The summed E-state index contributed by atoms with van der Waals surface area (Å²) in [7, 11) is -1.05. The molecule has 0 aromatic heterocycles. The average molecular weight is 247 g/mol. The lowest BCUT2D eigenvalue weighted by molar-refractivity contribution is 0.442. The summed E-state index contributed by atoms with van der Waals surface area (Å²) in [5, 5.41) is 3.04. The van der Waals surface area contributed by atoms with Crippen molar-refractivity contribution in [2.75, 3.05) is 12.8 Å². The van der Waals surface area contributed by atoms with Gasteiger partial charge in [-0.25, -0.2) is 8.42 Å². The van der Waals surface area contributed by atoms with E-state index < -0.39 is 9.84 Å². The Morgan fingerprint density at radius 3 is 2.19 bits per heavy atom. The van der Waals surface area contributed by atoms with Crippen LogP contribution in [0.15, 0.2) is 0 Å². The van der Waals surface area contributed by atoms with Gasteiger partial charge in [-0.1, -0.05) is 33.1 Å². The van der Waals surface area contributed by atoms with E-state index in [0.29, 0.717) is 11.7 Å². The molecule has 0 amide bonds. The molecule has 1 saturated carbocycles. The molecular weight excluding hydrogens is 222 g/mol. The van der Waals surface area contributed by atoms with Gasteiger partial charge >= 0.3 is 0 Å². The van der Waals surface area contributed by atoms with Crippen molar-refractivity contribution < 1.29 is 8.42 Å². The van der Waals surface area contributed by atoms with Crippen molar-refractivity contribution in [3.05, 3.63) is 0 Å². The second kappa shape index (κ2) is 6.01. The van der Waals surface area contributed by atoms with E-state index in [9.17, 15) is 8.42 Å². The van der Waals surface area contributed by atoms with Gasteiger partial charge in [0.1, 0.15) is 0 Å². The summed E-state index contributed by atoms with van der Waals surface area (Å²) in [5.41, 5.74) is 0. The molecular formula is C12H25NO2S. The molecule has 0 aromatic carbocycles. The fourth-order valence-corrected chi connectivity index (χ4v) is 4.80. The smallest absolute Gasteiger partial charge is 0.154 e. The Morgan fingerprint density at radius 2 is 1.75 bits per heavy atom. The molecule has 0 aromatic rings. The zero-order valence-electron chi connectivity index (χ0n) is 10.7. The molecule has 96 valence electrons. The van der Waals surface area contributed by atoms with Gasteiger partial charge in [0.2, 0.25) is 0 Å². The molecule has 16 heavy (non-hydrogen) atoms. The molecule has 1 N–H and O–H groups in total. The molecule has 0 heterocycles. The fourth-order valence-electron chi connectivity index (χ4n) is 2.42. The van der Waals surface area contributed by atoms with Gasteiger partial charge in [-0.05, 0) is 25.8 Å². The second-order valence-corrected chi connectivity index (χ2v) is 7.55. The minimum atomic E-state index is -2.90. The Kier molecular flexibility index (Phi) is 5.25. The Labute approximate surface area is 99.9 Å². The summed E-state index contributed by atoms with van der Waals surface area (Å²) in [5.74, 6) is 0.662. The Morgan fingerprint density at radius 1 is 1.19 bits per heavy atom. The lowest BCUT2D eigenvalue weighted by atomic mass is 10.0. The molecule has 1 aliphatic carbocycles. The van der Waals surface area contributed by atoms with Crippen LogP contribution in [0, 0.1) is 5.92 Å². The SMILES string of the molecule is CNC(CS(=O)(=O)C1CCCCC1)C(C)C. The highest BCUT2D eigenvalue weighted by Gasteiger charge is 2.30. The number of hydrogen-bond acceptors (Lipinski definition) is 3. The number of hydrogen-bond donors (Lipinski definition) is 1. The van der Waals surface area contributed by atoms with Crippen molar-refractivity contribution in [1.29, 1.82) is 0 Å². The zero-order valence-corrected chi connectivity index (χ0v) is 11.5. The van der Waals surface area contributed by atoms with Gasteiger partial charge in [0.25, 0.3) is 0 Å². The maximum Gasteiger partial charge on any atom is 0.154 e. The van der Waals surface area contributed by atoms with E-state index in [1.807, 2.05) is 7.05 Å². The first-order valence-electron chi connectivity index (χ1n) is 6.36. The van der Waals surface area contributed by atoms with Crippen LogP contribution in [-0.4, -0.2) is 32.5 Å². The first kappa shape index (κ1) is 14.0.